The summed E-state index contributed by atoms with van der Waals surface area (Å²) in [6, 6.07) is 0. The molecule has 2 nitrogen and oxygen atoms in total. The van der Waals surface area contributed by atoms with Gasteiger partial charge in [0.05, 0.1) is 6.10 Å². The molecule has 0 rings (SSSR count). The fourth-order valence-corrected chi connectivity index (χ4v) is 0. The van der Waals surface area contributed by atoms with E-state index in [9.17, 15) is 0 Å². The van der Waals surface area contributed by atoms with E-state index in [1.165, 1.54) is 0 Å². The van der Waals surface area contributed by atoms with Crippen LogP contribution in [0.1, 0.15) is 13.8 Å². The molecule has 0 amide bonds. The second kappa shape index (κ2) is 2.18. The maximum Gasteiger partial charge on any atom is 0.0871 e. The van der Waals surface area contributed by atoms with Gasteiger partial charge in [-0.2, -0.15) is 0 Å². The fourth-order valence-electron chi connectivity index (χ4n) is 0. The van der Waals surface area contributed by atoms with Crippen molar-refractivity contribution in [2.24, 2.45) is 0 Å². The van der Waals surface area contributed by atoms with Crippen molar-refractivity contribution in [3.8, 4) is 0 Å². The van der Waals surface area contributed by atoms with Gasteiger partial charge in [-0.05, 0) is 13.8 Å². The largest absolute Gasteiger partial charge is 0.252 e. The van der Waals surface area contributed by atoms with Gasteiger partial charge in [-0.1, -0.05) is 0 Å². The lowest BCUT2D eigenvalue weighted by molar-refractivity contribution is -0.269. The van der Waals surface area contributed by atoms with E-state index in [2.05, 4.69) is 4.89 Å². The minimum absolute atomic E-state index is 0.0602. The lowest BCUT2D eigenvalue weighted by Crippen LogP contribution is -1.95. The summed E-state index contributed by atoms with van der Waals surface area (Å²) in [6.45, 7) is 3.50. The highest BCUT2D eigenvalue weighted by Gasteiger charge is 1.81. The molecule has 5 heavy (non-hydrogen) atoms. The summed E-state index contributed by atoms with van der Waals surface area (Å²) in [7, 11) is 0. The van der Waals surface area contributed by atoms with Crippen LogP contribution in [-0.2, 0) is 4.89 Å². The van der Waals surface area contributed by atoms with Crippen LogP contribution in [0.25, 0.3) is 0 Å². The monoisotopic (exact) mass is 76.1 g/mol. The van der Waals surface area contributed by atoms with Crippen molar-refractivity contribution < 1.29 is 10.1 Å². The molecule has 0 aromatic heterocycles. The van der Waals surface area contributed by atoms with Crippen LogP contribution in [0, 0.1) is 0 Å². The first-order valence-corrected chi connectivity index (χ1v) is 1.57. The normalized spacial score (nSPS) is 9.60. The molecule has 0 spiro atoms. The van der Waals surface area contributed by atoms with Crippen molar-refractivity contribution in [3.63, 3.8) is 0 Å². The molecule has 0 heterocycles. The first-order chi connectivity index (χ1) is 2.27. The van der Waals surface area contributed by atoms with Gasteiger partial charge in [-0.3, -0.25) is 5.26 Å². The fraction of sp³-hybridized carbons (Fsp3) is 1.00. The number of hydrogen-bond acceptors (Lipinski definition) is 2. The Morgan fingerprint density at radius 2 is 1.80 bits per heavy atom. The van der Waals surface area contributed by atoms with Gasteiger partial charge < -0.3 is 0 Å². The van der Waals surface area contributed by atoms with Crippen LogP contribution in [0.5, 0.6) is 0 Å². The van der Waals surface area contributed by atoms with Gasteiger partial charge in [0.15, 0.2) is 0 Å². The predicted octanol–water partition coefficient (Wildman–Crippen LogP) is 0.884. The third-order valence-corrected chi connectivity index (χ3v) is 0.211. The molecule has 0 fully saturated rings. The van der Waals surface area contributed by atoms with E-state index in [1.807, 2.05) is 0 Å². The lowest BCUT2D eigenvalue weighted by atomic mass is 10.5. The Morgan fingerprint density at radius 1 is 1.60 bits per heavy atom. The van der Waals surface area contributed by atoms with Crippen molar-refractivity contribution in [1.29, 1.82) is 0 Å². The highest BCUT2D eigenvalue weighted by molar-refractivity contribution is 4.24. The van der Waals surface area contributed by atoms with Crippen molar-refractivity contribution in [3.05, 3.63) is 0 Å². The molecule has 0 radical (unpaired) electrons. The van der Waals surface area contributed by atoms with Crippen LogP contribution < -0.4 is 0 Å². The van der Waals surface area contributed by atoms with Crippen molar-refractivity contribution in [2.75, 3.05) is 0 Å². The summed E-state index contributed by atoms with van der Waals surface area (Å²) >= 11 is 0. The van der Waals surface area contributed by atoms with Crippen molar-refractivity contribution in [1.82, 2.24) is 0 Å². The summed E-state index contributed by atoms with van der Waals surface area (Å²) in [6.07, 6.45) is -0.0602. The summed E-state index contributed by atoms with van der Waals surface area (Å²) in [5, 5.41) is 7.64. The van der Waals surface area contributed by atoms with E-state index in [0.717, 1.165) is 0 Å². The average molecular weight is 76.1 g/mol. The molecule has 0 aliphatic rings. The van der Waals surface area contributed by atoms with E-state index in [0.29, 0.717) is 0 Å². The average Bonchev–Trinajstić information content (AvgIpc) is 1.38. The third kappa shape index (κ3) is 3.92. The maximum absolute atomic E-state index is 7.64. The summed E-state index contributed by atoms with van der Waals surface area (Å²) in [5.41, 5.74) is 0. The van der Waals surface area contributed by atoms with Crippen LogP contribution in [0.2, 0.25) is 0 Å². The smallest absolute Gasteiger partial charge is 0.0871 e. The Labute approximate surface area is 31.3 Å². The molecule has 0 saturated heterocycles. The van der Waals surface area contributed by atoms with Crippen LogP contribution in [0.15, 0.2) is 0 Å². The summed E-state index contributed by atoms with van der Waals surface area (Å²) < 4.78 is 0. The van der Waals surface area contributed by atoms with Gasteiger partial charge in [0.1, 0.15) is 0 Å². The first kappa shape index (κ1) is 4.92. The van der Waals surface area contributed by atoms with Gasteiger partial charge in [0.2, 0.25) is 0 Å². The highest BCUT2D eigenvalue weighted by Crippen LogP contribution is 1.77. The zero-order chi connectivity index (χ0) is 4.28. The van der Waals surface area contributed by atoms with E-state index in [1.54, 1.807) is 13.8 Å². The SMILES string of the molecule is CC(C)OO. The van der Waals surface area contributed by atoms with Gasteiger partial charge in [0, 0.05) is 0 Å². The molecule has 2 heteroatoms. The molecule has 32 valence electrons. The van der Waals surface area contributed by atoms with E-state index in [4.69, 9.17) is 5.26 Å². The molecule has 0 aliphatic heterocycles. The van der Waals surface area contributed by atoms with E-state index >= 15 is 0 Å². The number of hydrogen-bond donors (Lipinski definition) is 1. The Kier molecular flexibility index (Phi) is 2.14. The van der Waals surface area contributed by atoms with Crippen LogP contribution >= 0.6 is 0 Å². The molecule has 0 unspecified atom stereocenters. The Bertz CT molecular complexity index is 18.9. The molecule has 0 saturated carbocycles. The van der Waals surface area contributed by atoms with Gasteiger partial charge in [-0.15, -0.1) is 0 Å². The zero-order valence-corrected chi connectivity index (χ0v) is 3.43. The molecule has 0 aromatic rings. The minimum atomic E-state index is -0.0602. The number of rotatable bonds is 1. The van der Waals surface area contributed by atoms with E-state index < -0.39 is 0 Å². The van der Waals surface area contributed by atoms with Crippen LogP contribution in [-0.4, -0.2) is 11.4 Å². The van der Waals surface area contributed by atoms with Crippen molar-refractivity contribution in [2.45, 2.75) is 20.0 Å². The quantitative estimate of drug-likeness (QED) is 0.371. The second-order valence-electron chi connectivity index (χ2n) is 1.15. The lowest BCUT2D eigenvalue weighted by Gasteiger charge is -1.91. The molecular weight excluding hydrogens is 68.0 g/mol. The molecule has 0 aromatic carbocycles. The summed E-state index contributed by atoms with van der Waals surface area (Å²) in [4.78, 5) is 3.75. The molecule has 0 aliphatic carbocycles. The van der Waals surface area contributed by atoms with Gasteiger partial charge in [0.25, 0.3) is 0 Å². The Balaban J connectivity index is 2.54. The van der Waals surface area contributed by atoms with Crippen molar-refractivity contribution >= 4 is 0 Å². The maximum atomic E-state index is 7.64. The first-order valence-electron chi connectivity index (χ1n) is 1.57. The standard InChI is InChI=1S/C3H8O2/c1-3(2)5-4/h3-4H,1-2H3. The minimum Gasteiger partial charge on any atom is -0.252 e. The predicted molar refractivity (Wildman–Crippen MR) is 18.8 cm³/mol. The Morgan fingerprint density at radius 3 is 1.80 bits per heavy atom. The molecule has 0 bridgehead atoms. The van der Waals surface area contributed by atoms with Gasteiger partial charge >= 0.3 is 0 Å². The molecular formula is C3H8O2. The van der Waals surface area contributed by atoms with Crippen LogP contribution in [0.4, 0.5) is 0 Å². The summed E-state index contributed by atoms with van der Waals surface area (Å²) in [5.74, 6) is 0. The van der Waals surface area contributed by atoms with Crippen LogP contribution in [0.3, 0.4) is 0 Å². The highest BCUT2D eigenvalue weighted by atomic mass is 17.1. The zero-order valence-electron chi connectivity index (χ0n) is 3.43. The Hall–Kier alpha value is -0.0800. The topological polar surface area (TPSA) is 29.5 Å². The molecule has 1 N–H and O–H groups in total. The third-order valence-electron chi connectivity index (χ3n) is 0.211. The second-order valence-corrected chi connectivity index (χ2v) is 1.15. The van der Waals surface area contributed by atoms with Gasteiger partial charge in [-0.25, -0.2) is 4.89 Å². The molecule has 0 atom stereocenters. The van der Waals surface area contributed by atoms with E-state index in [-0.39, 0.29) is 6.10 Å².